The predicted molar refractivity (Wildman–Crippen MR) is 81.4 cm³/mol. The molecule has 0 saturated carbocycles. The summed E-state index contributed by atoms with van der Waals surface area (Å²) in [6.45, 7) is 3.02. The second-order valence-electron chi connectivity index (χ2n) is 5.46. The van der Waals surface area contributed by atoms with E-state index in [0.29, 0.717) is 5.92 Å². The first-order chi connectivity index (χ1) is 10.2. The van der Waals surface area contributed by atoms with Gasteiger partial charge in [-0.05, 0) is 36.9 Å². The van der Waals surface area contributed by atoms with Crippen LogP contribution in [-0.4, -0.2) is 38.8 Å². The van der Waals surface area contributed by atoms with Crippen LogP contribution < -0.4 is 0 Å². The third-order valence-electron chi connectivity index (χ3n) is 3.92. The van der Waals surface area contributed by atoms with Gasteiger partial charge in [-0.25, -0.2) is 0 Å². The van der Waals surface area contributed by atoms with E-state index >= 15 is 0 Å². The Balaban J connectivity index is 1.68. The number of rotatable bonds is 5. The van der Waals surface area contributed by atoms with Crippen molar-refractivity contribution in [2.75, 3.05) is 13.1 Å². The van der Waals surface area contributed by atoms with Crippen LogP contribution in [0.2, 0.25) is 0 Å². The third-order valence-corrected chi connectivity index (χ3v) is 4.78. The van der Waals surface area contributed by atoms with Gasteiger partial charge in [0.05, 0.1) is 0 Å². The smallest absolute Gasteiger partial charge is 0.325 e. The first kappa shape index (κ1) is 14.3. The summed E-state index contributed by atoms with van der Waals surface area (Å²) in [6, 6.07) is 6.22. The van der Waals surface area contributed by atoms with Gasteiger partial charge in [-0.15, -0.1) is 11.3 Å². The molecule has 2 aromatic rings. The summed E-state index contributed by atoms with van der Waals surface area (Å²) in [4.78, 5) is 14.7. The number of carbonyl (C=O) groups is 1. The van der Waals surface area contributed by atoms with E-state index in [0.717, 1.165) is 38.2 Å². The highest BCUT2D eigenvalue weighted by atomic mass is 32.1. The topological polar surface area (TPSA) is 58.4 Å². The first-order valence-corrected chi connectivity index (χ1v) is 8.08. The van der Waals surface area contributed by atoms with Gasteiger partial charge in [-0.1, -0.05) is 6.07 Å². The van der Waals surface area contributed by atoms with Gasteiger partial charge in [0.1, 0.15) is 6.54 Å². The van der Waals surface area contributed by atoms with Crippen LogP contribution in [0.1, 0.15) is 29.3 Å². The summed E-state index contributed by atoms with van der Waals surface area (Å²) < 4.78 is 1.63. The molecule has 1 saturated heterocycles. The average Bonchev–Trinajstić information content (AvgIpc) is 3.10. The number of nitrogens with zero attached hydrogens (tertiary/aromatic N) is 3. The molecule has 3 rings (SSSR count). The Labute approximate surface area is 127 Å². The van der Waals surface area contributed by atoms with Crippen molar-refractivity contribution < 1.29 is 9.90 Å². The fraction of sp³-hybridized carbons (Fsp3) is 0.467. The quantitative estimate of drug-likeness (QED) is 0.921. The molecule has 3 heterocycles. The van der Waals surface area contributed by atoms with Crippen molar-refractivity contribution in [3.63, 3.8) is 0 Å². The molecule has 0 amide bonds. The second kappa shape index (κ2) is 6.41. The lowest BCUT2D eigenvalue weighted by molar-refractivity contribution is -0.137. The van der Waals surface area contributed by atoms with Crippen molar-refractivity contribution in [3.05, 3.63) is 40.3 Å². The molecule has 1 atom stereocenters. The van der Waals surface area contributed by atoms with Gasteiger partial charge in [-0.3, -0.25) is 14.4 Å². The van der Waals surface area contributed by atoms with Crippen LogP contribution in [0.5, 0.6) is 0 Å². The highest BCUT2D eigenvalue weighted by Gasteiger charge is 2.24. The summed E-state index contributed by atoms with van der Waals surface area (Å²) in [5.74, 6) is -0.466. The van der Waals surface area contributed by atoms with Gasteiger partial charge < -0.3 is 5.11 Å². The Morgan fingerprint density at radius 3 is 3.14 bits per heavy atom. The molecule has 0 spiro atoms. The monoisotopic (exact) mass is 305 g/mol. The van der Waals surface area contributed by atoms with E-state index < -0.39 is 5.97 Å². The minimum Gasteiger partial charge on any atom is -0.480 e. The number of carboxylic acids is 1. The van der Waals surface area contributed by atoms with E-state index in [2.05, 4.69) is 27.5 Å². The number of piperidine rings is 1. The number of aliphatic carboxylic acids is 1. The molecule has 21 heavy (non-hydrogen) atoms. The molecular formula is C15H19N3O2S. The number of hydrogen-bond acceptors (Lipinski definition) is 4. The molecule has 0 unspecified atom stereocenters. The summed E-state index contributed by atoms with van der Waals surface area (Å²) in [7, 11) is 0. The molecule has 6 heteroatoms. The van der Waals surface area contributed by atoms with E-state index in [9.17, 15) is 4.79 Å². The Bertz CT molecular complexity index is 594. The number of hydrogen-bond donors (Lipinski definition) is 1. The molecule has 1 aliphatic rings. The van der Waals surface area contributed by atoms with Crippen LogP contribution in [0.4, 0.5) is 0 Å². The van der Waals surface area contributed by atoms with Crippen molar-refractivity contribution in [3.8, 4) is 0 Å². The van der Waals surface area contributed by atoms with Crippen molar-refractivity contribution >= 4 is 17.3 Å². The second-order valence-corrected chi connectivity index (χ2v) is 6.49. The Hall–Kier alpha value is -1.66. The molecule has 0 radical (unpaired) electrons. The number of aromatic nitrogens is 2. The van der Waals surface area contributed by atoms with Gasteiger partial charge in [0.2, 0.25) is 0 Å². The van der Waals surface area contributed by atoms with Gasteiger partial charge >= 0.3 is 5.97 Å². The van der Waals surface area contributed by atoms with Crippen molar-refractivity contribution in [1.82, 2.24) is 14.7 Å². The summed E-state index contributed by atoms with van der Waals surface area (Å²) >= 11 is 1.79. The van der Waals surface area contributed by atoms with E-state index in [1.165, 1.54) is 4.88 Å². The molecule has 112 valence electrons. The minimum atomic E-state index is -0.841. The first-order valence-electron chi connectivity index (χ1n) is 7.20. The predicted octanol–water partition coefficient (Wildman–Crippen LogP) is 2.41. The Morgan fingerprint density at radius 2 is 2.38 bits per heavy atom. The highest BCUT2D eigenvalue weighted by molar-refractivity contribution is 7.09. The zero-order chi connectivity index (χ0) is 14.7. The number of carboxylic acid groups (broad SMARTS) is 1. The van der Waals surface area contributed by atoms with Crippen LogP contribution in [0.15, 0.2) is 29.8 Å². The zero-order valence-corrected chi connectivity index (χ0v) is 12.6. The van der Waals surface area contributed by atoms with Crippen LogP contribution in [0.25, 0.3) is 0 Å². The molecule has 5 nitrogen and oxygen atoms in total. The fourth-order valence-electron chi connectivity index (χ4n) is 3.01. The maximum Gasteiger partial charge on any atom is 0.325 e. The summed E-state index contributed by atoms with van der Waals surface area (Å²) in [6.07, 6.45) is 3.96. The molecular weight excluding hydrogens is 286 g/mol. The lowest BCUT2D eigenvalue weighted by Crippen LogP contribution is -2.34. The fourth-order valence-corrected chi connectivity index (χ4v) is 3.76. The van der Waals surface area contributed by atoms with Crippen LogP contribution in [-0.2, 0) is 17.9 Å². The lowest BCUT2D eigenvalue weighted by atomic mass is 9.94. The largest absolute Gasteiger partial charge is 0.480 e. The third kappa shape index (κ3) is 3.51. The Morgan fingerprint density at radius 1 is 1.48 bits per heavy atom. The maximum atomic E-state index is 10.9. The SMILES string of the molecule is O=C(O)Cn1nccc1[C@H]1CCCN(Cc2cccs2)C1. The van der Waals surface area contributed by atoms with Crippen LogP contribution in [0.3, 0.4) is 0 Å². The van der Waals surface area contributed by atoms with E-state index in [1.54, 1.807) is 22.2 Å². The van der Waals surface area contributed by atoms with Crippen molar-refractivity contribution in [2.24, 2.45) is 0 Å². The van der Waals surface area contributed by atoms with Gasteiger partial charge in [0.25, 0.3) is 0 Å². The molecule has 1 N–H and O–H groups in total. The molecule has 1 aliphatic heterocycles. The molecule has 2 aromatic heterocycles. The van der Waals surface area contributed by atoms with Gasteiger partial charge in [-0.2, -0.15) is 5.10 Å². The summed E-state index contributed by atoms with van der Waals surface area (Å²) in [5.41, 5.74) is 1.05. The van der Waals surface area contributed by atoms with Crippen molar-refractivity contribution in [1.29, 1.82) is 0 Å². The van der Waals surface area contributed by atoms with E-state index in [-0.39, 0.29) is 6.54 Å². The van der Waals surface area contributed by atoms with E-state index in [1.807, 2.05) is 6.07 Å². The van der Waals surface area contributed by atoms with Crippen LogP contribution >= 0.6 is 11.3 Å². The lowest BCUT2D eigenvalue weighted by Gasteiger charge is -2.32. The molecule has 1 fully saturated rings. The number of likely N-dealkylation sites (tertiary alicyclic amines) is 1. The number of thiophene rings is 1. The van der Waals surface area contributed by atoms with Gasteiger partial charge in [0, 0.05) is 35.8 Å². The Kier molecular flexibility index (Phi) is 4.36. The summed E-state index contributed by atoms with van der Waals surface area (Å²) in [5, 5.41) is 15.2. The maximum absolute atomic E-state index is 10.9. The zero-order valence-electron chi connectivity index (χ0n) is 11.8. The molecule has 0 aromatic carbocycles. The van der Waals surface area contributed by atoms with E-state index in [4.69, 9.17) is 5.11 Å². The molecule has 0 aliphatic carbocycles. The minimum absolute atomic E-state index is 0.0518. The standard InChI is InChI=1S/C15H19N3O2S/c19-15(20)11-18-14(5-6-16-18)12-3-1-7-17(9-12)10-13-4-2-8-21-13/h2,4-6,8,12H,1,3,7,9-11H2,(H,19,20)/t12-/m0/s1. The highest BCUT2D eigenvalue weighted by Crippen LogP contribution is 2.28. The van der Waals surface area contributed by atoms with Gasteiger partial charge in [0.15, 0.2) is 0 Å². The van der Waals surface area contributed by atoms with Crippen LogP contribution in [0, 0.1) is 0 Å². The molecule has 0 bridgehead atoms. The normalized spacial score (nSPS) is 19.7. The average molecular weight is 305 g/mol. The van der Waals surface area contributed by atoms with Crippen molar-refractivity contribution in [2.45, 2.75) is 31.8 Å².